The molecular formula is C14H19OP. The third-order valence-electron chi connectivity index (χ3n) is 1.94. The molecule has 16 heavy (non-hydrogen) atoms. The van der Waals surface area contributed by atoms with E-state index in [0.29, 0.717) is 0 Å². The summed E-state index contributed by atoms with van der Waals surface area (Å²) in [7, 11) is -1.94. The standard InChI is InChI=1S/C14H19OP/c1-5-9-11-13(7-3)16(15)14(8-4)12-10-6-2/h5-12,16H,1,4H2,2-3H3/b10-6-,11-9-,13-7+,14-12+. The van der Waals surface area contributed by atoms with Gasteiger partial charge in [-0.2, -0.15) is 0 Å². The molecule has 0 aliphatic carbocycles. The van der Waals surface area contributed by atoms with Crippen LogP contribution in [0, 0.1) is 0 Å². The van der Waals surface area contributed by atoms with E-state index in [4.69, 9.17) is 0 Å². The number of rotatable bonds is 6. The Morgan fingerprint density at radius 1 is 1.12 bits per heavy atom. The molecule has 0 radical (unpaired) electrons. The first-order valence-electron chi connectivity index (χ1n) is 5.16. The Kier molecular flexibility index (Phi) is 8.19. The molecule has 0 saturated heterocycles. The van der Waals surface area contributed by atoms with E-state index in [2.05, 4.69) is 13.2 Å². The maximum atomic E-state index is 12.2. The molecule has 86 valence electrons. The van der Waals surface area contributed by atoms with Crippen LogP contribution in [0.5, 0.6) is 0 Å². The molecule has 0 aliphatic rings. The summed E-state index contributed by atoms with van der Waals surface area (Å²) >= 11 is 0. The minimum absolute atomic E-state index is 0.768. The average molecular weight is 234 g/mol. The molecule has 0 aromatic rings. The van der Waals surface area contributed by atoms with Crippen molar-refractivity contribution in [2.24, 2.45) is 0 Å². The second-order valence-electron chi connectivity index (χ2n) is 3.02. The zero-order valence-corrected chi connectivity index (χ0v) is 10.9. The van der Waals surface area contributed by atoms with Crippen molar-refractivity contribution in [2.75, 3.05) is 0 Å². The molecule has 0 heterocycles. The highest BCUT2D eigenvalue weighted by Gasteiger charge is 2.05. The van der Waals surface area contributed by atoms with Gasteiger partial charge in [0, 0.05) is 10.6 Å². The Balaban J connectivity index is 5.07. The summed E-state index contributed by atoms with van der Waals surface area (Å²) < 4.78 is 12.2. The summed E-state index contributed by atoms with van der Waals surface area (Å²) in [5.74, 6) is 0. The highest BCUT2D eigenvalue weighted by Crippen LogP contribution is 2.42. The normalized spacial score (nSPS) is 15.6. The van der Waals surface area contributed by atoms with Gasteiger partial charge in [0.1, 0.15) is 7.80 Å². The molecule has 0 saturated carbocycles. The van der Waals surface area contributed by atoms with Crippen LogP contribution in [0.25, 0.3) is 0 Å². The molecule has 0 bridgehead atoms. The minimum Gasteiger partial charge on any atom is -0.317 e. The largest absolute Gasteiger partial charge is 0.317 e. The van der Waals surface area contributed by atoms with E-state index in [1.807, 2.05) is 44.2 Å². The maximum absolute atomic E-state index is 12.2. The van der Waals surface area contributed by atoms with Gasteiger partial charge in [-0.25, -0.2) is 0 Å². The van der Waals surface area contributed by atoms with E-state index in [1.54, 1.807) is 18.2 Å². The molecule has 0 aliphatic heterocycles. The van der Waals surface area contributed by atoms with Gasteiger partial charge in [0.2, 0.25) is 0 Å². The Bertz CT molecular complexity index is 382. The van der Waals surface area contributed by atoms with Crippen LogP contribution < -0.4 is 0 Å². The predicted molar refractivity (Wildman–Crippen MR) is 75.2 cm³/mol. The summed E-state index contributed by atoms with van der Waals surface area (Å²) in [5.41, 5.74) is 0. The van der Waals surface area contributed by atoms with Gasteiger partial charge in [-0.15, -0.1) is 0 Å². The molecular weight excluding hydrogens is 215 g/mol. The summed E-state index contributed by atoms with van der Waals surface area (Å²) in [5, 5.41) is 1.59. The monoisotopic (exact) mass is 234 g/mol. The fourth-order valence-electron chi connectivity index (χ4n) is 1.08. The molecule has 0 N–H and O–H groups in total. The van der Waals surface area contributed by atoms with Gasteiger partial charge >= 0.3 is 0 Å². The molecule has 0 fully saturated rings. The molecule has 0 rings (SSSR count). The highest BCUT2D eigenvalue weighted by molar-refractivity contribution is 7.54. The van der Waals surface area contributed by atoms with Crippen LogP contribution >= 0.6 is 7.80 Å². The van der Waals surface area contributed by atoms with Crippen molar-refractivity contribution in [3.63, 3.8) is 0 Å². The van der Waals surface area contributed by atoms with Crippen LogP contribution in [0.2, 0.25) is 0 Å². The van der Waals surface area contributed by atoms with Crippen molar-refractivity contribution in [3.8, 4) is 0 Å². The van der Waals surface area contributed by atoms with Crippen molar-refractivity contribution in [3.05, 3.63) is 72.4 Å². The molecule has 1 atom stereocenters. The fraction of sp³-hybridized carbons (Fsp3) is 0.143. The Morgan fingerprint density at radius 2 is 1.81 bits per heavy atom. The topological polar surface area (TPSA) is 17.1 Å². The fourth-order valence-corrected chi connectivity index (χ4v) is 2.35. The lowest BCUT2D eigenvalue weighted by atomic mass is 10.4. The average Bonchev–Trinajstić information content (AvgIpc) is 2.31. The van der Waals surface area contributed by atoms with Crippen molar-refractivity contribution in [1.82, 2.24) is 0 Å². The summed E-state index contributed by atoms with van der Waals surface area (Å²) in [6, 6.07) is 0. The van der Waals surface area contributed by atoms with Crippen molar-refractivity contribution in [1.29, 1.82) is 0 Å². The Labute approximate surface area is 99.1 Å². The van der Waals surface area contributed by atoms with E-state index in [1.165, 1.54) is 0 Å². The third-order valence-corrected chi connectivity index (χ3v) is 3.81. The minimum atomic E-state index is -1.94. The van der Waals surface area contributed by atoms with Gasteiger partial charge in [0.15, 0.2) is 0 Å². The maximum Gasteiger partial charge on any atom is 0.131 e. The molecule has 1 unspecified atom stereocenters. The van der Waals surface area contributed by atoms with E-state index >= 15 is 0 Å². The first-order valence-corrected chi connectivity index (χ1v) is 6.57. The smallest absolute Gasteiger partial charge is 0.131 e. The van der Waals surface area contributed by atoms with Gasteiger partial charge in [-0.05, 0) is 13.8 Å². The summed E-state index contributed by atoms with van der Waals surface area (Å²) in [6.07, 6.45) is 14.4. The first kappa shape index (κ1) is 14.7. The third kappa shape index (κ3) is 4.95. The lowest BCUT2D eigenvalue weighted by Crippen LogP contribution is -1.74. The molecule has 0 aromatic heterocycles. The quantitative estimate of drug-likeness (QED) is 0.475. The van der Waals surface area contributed by atoms with Crippen molar-refractivity contribution >= 4 is 7.80 Å². The lowest BCUT2D eigenvalue weighted by molar-refractivity contribution is 0.595. The molecule has 1 nitrogen and oxygen atoms in total. The van der Waals surface area contributed by atoms with E-state index < -0.39 is 7.80 Å². The van der Waals surface area contributed by atoms with Crippen LogP contribution in [0.4, 0.5) is 0 Å². The van der Waals surface area contributed by atoms with Crippen LogP contribution in [-0.4, -0.2) is 0 Å². The van der Waals surface area contributed by atoms with Gasteiger partial charge in [0.05, 0.1) is 0 Å². The Hall–Kier alpha value is -1.33. The molecule has 0 amide bonds. The zero-order chi connectivity index (χ0) is 12.4. The predicted octanol–water partition coefficient (Wildman–Crippen LogP) is 4.84. The van der Waals surface area contributed by atoms with Gasteiger partial charge in [-0.1, -0.05) is 61.8 Å². The second kappa shape index (κ2) is 8.94. The van der Waals surface area contributed by atoms with Crippen LogP contribution in [0.15, 0.2) is 72.4 Å². The highest BCUT2D eigenvalue weighted by atomic mass is 31.1. The van der Waals surface area contributed by atoms with E-state index in [9.17, 15) is 4.57 Å². The Morgan fingerprint density at radius 3 is 2.25 bits per heavy atom. The SMILES string of the molecule is C=C/C=C\C(=C/C)[PH](=O)/C(C=C)=C/C=C\C. The number of allylic oxidation sites excluding steroid dienone is 10. The summed E-state index contributed by atoms with van der Waals surface area (Å²) in [4.78, 5) is 0. The van der Waals surface area contributed by atoms with Gasteiger partial charge in [0.25, 0.3) is 0 Å². The van der Waals surface area contributed by atoms with Gasteiger partial charge in [-0.3, -0.25) is 0 Å². The number of hydrogen-bond acceptors (Lipinski definition) is 1. The summed E-state index contributed by atoms with van der Waals surface area (Å²) in [6.45, 7) is 11.1. The molecule has 0 aromatic carbocycles. The van der Waals surface area contributed by atoms with Crippen LogP contribution in [0.3, 0.4) is 0 Å². The van der Waals surface area contributed by atoms with E-state index in [-0.39, 0.29) is 0 Å². The molecule has 2 heteroatoms. The lowest BCUT2D eigenvalue weighted by Gasteiger charge is -2.02. The van der Waals surface area contributed by atoms with Crippen LogP contribution in [0.1, 0.15) is 13.8 Å². The van der Waals surface area contributed by atoms with Crippen LogP contribution in [-0.2, 0) is 4.57 Å². The molecule has 0 spiro atoms. The number of hydrogen-bond donors (Lipinski definition) is 0. The second-order valence-corrected chi connectivity index (χ2v) is 4.83. The zero-order valence-electron chi connectivity index (χ0n) is 9.94. The van der Waals surface area contributed by atoms with Crippen molar-refractivity contribution in [2.45, 2.75) is 13.8 Å². The van der Waals surface area contributed by atoms with Crippen molar-refractivity contribution < 1.29 is 4.57 Å². The van der Waals surface area contributed by atoms with E-state index in [0.717, 1.165) is 10.6 Å². The first-order chi connectivity index (χ1) is 7.71. The van der Waals surface area contributed by atoms with Gasteiger partial charge < -0.3 is 4.57 Å².